The van der Waals surface area contributed by atoms with Gasteiger partial charge in [0.1, 0.15) is 13.2 Å². The fourth-order valence-electron chi connectivity index (χ4n) is 2.75. The molecule has 3 aromatic rings. The molecule has 3 aromatic carbocycles. The first-order chi connectivity index (χ1) is 14.5. The maximum absolute atomic E-state index is 12.2. The molecule has 0 unspecified atom stereocenters. The highest BCUT2D eigenvalue weighted by Gasteiger charge is 2.16. The lowest BCUT2D eigenvalue weighted by molar-refractivity contribution is 0.0850. The minimum absolute atomic E-state index is 0.00610. The third-order valence-electron chi connectivity index (χ3n) is 4.41. The van der Waals surface area contributed by atoms with Crippen LogP contribution in [0.1, 0.15) is 21.5 Å². The van der Waals surface area contributed by atoms with E-state index in [4.69, 9.17) is 9.47 Å². The number of carbonyl (C=O) groups is 2. The predicted octanol–water partition coefficient (Wildman–Crippen LogP) is 4.42. The van der Waals surface area contributed by atoms with Crippen LogP contribution in [0.3, 0.4) is 0 Å². The summed E-state index contributed by atoms with van der Waals surface area (Å²) in [4.78, 5) is 25.7. The van der Waals surface area contributed by atoms with E-state index in [1.807, 2.05) is 36.4 Å². The number of benzene rings is 3. The number of phenols is 1. The minimum Gasteiger partial charge on any atom is -0.504 e. The van der Waals surface area contributed by atoms with Gasteiger partial charge in [0, 0.05) is 12.6 Å². The highest BCUT2D eigenvalue weighted by molar-refractivity contribution is 5.98. The number of amides is 1. The van der Waals surface area contributed by atoms with Gasteiger partial charge in [-0.1, -0.05) is 66.7 Å². The average molecular weight is 405 g/mol. The zero-order valence-electron chi connectivity index (χ0n) is 16.7. The number of likely N-dealkylation sites (N-methyl/N-ethyl adjacent to an activating group) is 1. The average Bonchev–Trinajstić information content (AvgIpc) is 2.78. The number of ketones is 1. The van der Waals surface area contributed by atoms with E-state index in [9.17, 15) is 14.7 Å². The molecule has 0 saturated carbocycles. The van der Waals surface area contributed by atoms with Crippen LogP contribution in [0.4, 0.5) is 4.79 Å². The van der Waals surface area contributed by atoms with E-state index in [1.165, 1.54) is 18.0 Å². The molecule has 0 spiro atoms. The van der Waals surface area contributed by atoms with Gasteiger partial charge in [-0.25, -0.2) is 4.79 Å². The van der Waals surface area contributed by atoms with Gasteiger partial charge in [-0.05, 0) is 23.3 Å². The van der Waals surface area contributed by atoms with Gasteiger partial charge in [0.05, 0.1) is 6.54 Å². The van der Waals surface area contributed by atoms with Crippen LogP contribution in [-0.2, 0) is 18.0 Å². The summed E-state index contributed by atoms with van der Waals surface area (Å²) in [5.41, 5.74) is 2.17. The lowest BCUT2D eigenvalue weighted by atomic mass is 10.1. The SMILES string of the molecule is CN(CC(=O)c1ccccc1)C(=O)OCc1ccc(O)c(OCc2ccccc2)c1. The molecule has 0 saturated heterocycles. The Morgan fingerprint density at radius 3 is 2.23 bits per heavy atom. The molecule has 0 aliphatic heterocycles. The molecule has 0 radical (unpaired) electrons. The second kappa shape index (κ2) is 10.1. The number of rotatable bonds is 8. The van der Waals surface area contributed by atoms with Gasteiger partial charge < -0.3 is 19.5 Å². The first-order valence-corrected chi connectivity index (χ1v) is 9.47. The summed E-state index contributed by atoms with van der Waals surface area (Å²) in [6, 6.07) is 23.1. The Bertz CT molecular complexity index is 989. The number of aromatic hydroxyl groups is 1. The molecule has 0 bridgehead atoms. The van der Waals surface area contributed by atoms with E-state index in [-0.39, 0.29) is 24.7 Å². The van der Waals surface area contributed by atoms with E-state index in [1.54, 1.807) is 36.4 Å². The predicted molar refractivity (Wildman–Crippen MR) is 112 cm³/mol. The molecule has 6 heteroatoms. The zero-order chi connectivity index (χ0) is 21.3. The molecular weight excluding hydrogens is 382 g/mol. The monoisotopic (exact) mass is 405 g/mol. The molecule has 0 fully saturated rings. The summed E-state index contributed by atoms with van der Waals surface area (Å²) < 4.78 is 11.0. The number of nitrogens with zero attached hydrogens (tertiary/aromatic N) is 1. The van der Waals surface area contributed by atoms with Crippen LogP contribution in [0, 0.1) is 0 Å². The smallest absolute Gasteiger partial charge is 0.410 e. The van der Waals surface area contributed by atoms with Gasteiger partial charge in [-0.2, -0.15) is 0 Å². The Hall–Kier alpha value is -3.80. The van der Waals surface area contributed by atoms with Crippen molar-refractivity contribution in [1.29, 1.82) is 0 Å². The highest BCUT2D eigenvalue weighted by atomic mass is 16.6. The molecule has 30 heavy (non-hydrogen) atoms. The van der Waals surface area contributed by atoms with Gasteiger partial charge in [0.25, 0.3) is 0 Å². The van der Waals surface area contributed by atoms with Gasteiger partial charge in [-0.15, -0.1) is 0 Å². The topological polar surface area (TPSA) is 76.1 Å². The summed E-state index contributed by atoms with van der Waals surface area (Å²) in [6.45, 7) is 0.219. The van der Waals surface area contributed by atoms with Crippen LogP contribution in [0.15, 0.2) is 78.9 Å². The molecule has 0 aliphatic carbocycles. The van der Waals surface area contributed by atoms with Crippen molar-refractivity contribution in [2.75, 3.05) is 13.6 Å². The first kappa shape index (κ1) is 20.9. The van der Waals surface area contributed by atoms with Gasteiger partial charge in [0.15, 0.2) is 17.3 Å². The lowest BCUT2D eigenvalue weighted by Gasteiger charge is -2.16. The molecule has 0 aliphatic rings. The minimum atomic E-state index is -0.612. The van der Waals surface area contributed by atoms with E-state index in [2.05, 4.69) is 0 Å². The molecule has 3 rings (SSSR count). The second-order valence-corrected chi connectivity index (χ2v) is 6.78. The number of carbonyl (C=O) groups excluding carboxylic acids is 2. The third-order valence-corrected chi connectivity index (χ3v) is 4.41. The van der Waals surface area contributed by atoms with Crippen LogP contribution < -0.4 is 4.74 Å². The fraction of sp³-hybridized carbons (Fsp3) is 0.167. The van der Waals surface area contributed by atoms with E-state index >= 15 is 0 Å². The van der Waals surface area contributed by atoms with Gasteiger partial charge in [-0.3, -0.25) is 4.79 Å². The standard InChI is InChI=1S/C24H23NO5/c1-25(15-22(27)20-10-6-3-7-11-20)24(28)30-17-19-12-13-21(26)23(14-19)29-16-18-8-4-2-5-9-18/h2-14,26H,15-17H2,1H3. The van der Waals surface area contributed by atoms with Crippen LogP contribution >= 0.6 is 0 Å². The Balaban J connectivity index is 1.53. The first-order valence-electron chi connectivity index (χ1n) is 9.47. The fourth-order valence-corrected chi connectivity index (χ4v) is 2.75. The largest absolute Gasteiger partial charge is 0.504 e. The van der Waals surface area contributed by atoms with Crippen molar-refractivity contribution in [3.05, 3.63) is 95.6 Å². The van der Waals surface area contributed by atoms with Crippen LogP contribution in [0.25, 0.3) is 0 Å². The Labute approximate surface area is 175 Å². The molecule has 0 atom stereocenters. The number of hydrogen-bond donors (Lipinski definition) is 1. The van der Waals surface area contributed by atoms with Crippen molar-refractivity contribution >= 4 is 11.9 Å². The van der Waals surface area contributed by atoms with E-state index in [0.717, 1.165) is 5.56 Å². The summed E-state index contributed by atoms with van der Waals surface area (Å²) in [5.74, 6) is 0.142. The van der Waals surface area contributed by atoms with Crippen molar-refractivity contribution in [3.63, 3.8) is 0 Å². The molecular formula is C24H23NO5. The zero-order valence-corrected chi connectivity index (χ0v) is 16.7. The molecule has 6 nitrogen and oxygen atoms in total. The molecule has 0 heterocycles. The van der Waals surface area contributed by atoms with Crippen molar-refractivity contribution in [2.24, 2.45) is 0 Å². The molecule has 0 aromatic heterocycles. The normalized spacial score (nSPS) is 10.3. The summed E-state index contributed by atoms with van der Waals surface area (Å²) >= 11 is 0. The molecule has 1 amide bonds. The Morgan fingerprint density at radius 1 is 0.867 bits per heavy atom. The van der Waals surface area contributed by atoms with Crippen molar-refractivity contribution in [1.82, 2.24) is 4.90 Å². The van der Waals surface area contributed by atoms with E-state index < -0.39 is 6.09 Å². The van der Waals surface area contributed by atoms with Gasteiger partial charge >= 0.3 is 6.09 Å². The van der Waals surface area contributed by atoms with Crippen LogP contribution in [0.5, 0.6) is 11.5 Å². The Kier molecular flexibility index (Phi) is 7.05. The lowest BCUT2D eigenvalue weighted by Crippen LogP contribution is -2.32. The summed E-state index contributed by atoms with van der Waals surface area (Å²) in [7, 11) is 1.51. The summed E-state index contributed by atoms with van der Waals surface area (Å²) in [5, 5.41) is 10.0. The van der Waals surface area contributed by atoms with E-state index in [0.29, 0.717) is 23.5 Å². The number of Topliss-reactive ketones (excluding diaryl/α,β-unsaturated/α-hetero) is 1. The number of hydrogen-bond acceptors (Lipinski definition) is 5. The van der Waals surface area contributed by atoms with Crippen LogP contribution in [0.2, 0.25) is 0 Å². The maximum Gasteiger partial charge on any atom is 0.410 e. The maximum atomic E-state index is 12.2. The number of ether oxygens (including phenoxy) is 2. The molecule has 154 valence electrons. The molecule has 1 N–H and O–H groups in total. The Morgan fingerprint density at radius 2 is 1.53 bits per heavy atom. The second-order valence-electron chi connectivity index (χ2n) is 6.78. The quantitative estimate of drug-likeness (QED) is 0.562. The highest BCUT2D eigenvalue weighted by Crippen LogP contribution is 2.28. The van der Waals surface area contributed by atoms with Crippen LogP contribution in [-0.4, -0.2) is 35.5 Å². The summed E-state index contributed by atoms with van der Waals surface area (Å²) in [6.07, 6.45) is -0.612. The van der Waals surface area contributed by atoms with Gasteiger partial charge in [0.2, 0.25) is 0 Å². The van der Waals surface area contributed by atoms with Crippen molar-refractivity contribution < 1.29 is 24.2 Å². The van der Waals surface area contributed by atoms with Crippen molar-refractivity contribution in [2.45, 2.75) is 13.2 Å². The van der Waals surface area contributed by atoms with Crippen molar-refractivity contribution in [3.8, 4) is 11.5 Å². The number of phenolic OH excluding ortho intramolecular Hbond substituents is 1. The third kappa shape index (κ3) is 5.85.